The van der Waals surface area contributed by atoms with Crippen LogP contribution in [0.25, 0.3) is 0 Å². The lowest BCUT2D eigenvalue weighted by Gasteiger charge is -2.38. The zero-order valence-electron chi connectivity index (χ0n) is 22.6. The summed E-state index contributed by atoms with van der Waals surface area (Å²) in [6.45, 7) is 7.95. The van der Waals surface area contributed by atoms with Crippen molar-refractivity contribution in [3.63, 3.8) is 0 Å². The van der Waals surface area contributed by atoms with E-state index >= 15 is 0 Å². The molecule has 0 radical (unpaired) electrons. The van der Waals surface area contributed by atoms with Crippen LogP contribution in [0.15, 0.2) is 47.2 Å². The first-order valence-corrected chi connectivity index (χ1v) is 15.4. The molecule has 39 heavy (non-hydrogen) atoms. The van der Waals surface area contributed by atoms with Crippen molar-refractivity contribution in [3.05, 3.63) is 60.1 Å². The molecule has 0 saturated carbocycles. The van der Waals surface area contributed by atoms with Crippen molar-refractivity contribution in [1.82, 2.24) is 28.6 Å². The van der Waals surface area contributed by atoms with Gasteiger partial charge in [-0.05, 0) is 31.7 Å². The molecule has 5 rings (SSSR count). The maximum atomic E-state index is 13.5. The Bertz CT molecular complexity index is 1330. The first-order chi connectivity index (χ1) is 18.8. The van der Waals surface area contributed by atoms with Gasteiger partial charge in [0.25, 0.3) is 10.0 Å². The number of thiazole rings is 1. The number of imidazole rings is 1. The summed E-state index contributed by atoms with van der Waals surface area (Å²) in [6.07, 6.45) is 5.13. The Kier molecular flexibility index (Phi) is 8.64. The molecule has 2 aromatic heterocycles. The average molecular weight is 578 g/mol. The van der Waals surface area contributed by atoms with Gasteiger partial charge in [0.05, 0.1) is 36.9 Å². The first-order valence-electron chi connectivity index (χ1n) is 13.2. The number of rotatable bonds is 9. The molecule has 2 saturated heterocycles. The van der Waals surface area contributed by atoms with E-state index in [1.807, 2.05) is 6.20 Å². The van der Waals surface area contributed by atoms with Gasteiger partial charge in [-0.15, -0.1) is 0 Å². The molecule has 2 aliphatic rings. The highest BCUT2D eigenvalue weighted by atomic mass is 32.2. The average Bonchev–Trinajstić information content (AvgIpc) is 3.63. The van der Waals surface area contributed by atoms with Crippen LogP contribution >= 0.6 is 11.3 Å². The minimum absolute atomic E-state index is 0.0510. The molecule has 212 valence electrons. The number of piperazine rings is 2. The second kappa shape index (κ2) is 12.0. The highest BCUT2D eigenvalue weighted by Crippen LogP contribution is 2.32. The maximum Gasteiger partial charge on any atom is 0.254 e. The van der Waals surface area contributed by atoms with E-state index in [0.717, 1.165) is 42.6 Å². The summed E-state index contributed by atoms with van der Waals surface area (Å²) >= 11 is 1.26. The van der Waals surface area contributed by atoms with Crippen LogP contribution in [0.4, 0.5) is 9.52 Å². The lowest BCUT2D eigenvalue weighted by atomic mass is 10.1. The minimum Gasteiger partial charge on any atom is -0.383 e. The molecule has 0 amide bonds. The molecule has 13 heteroatoms. The third-order valence-electron chi connectivity index (χ3n) is 7.69. The lowest BCUT2D eigenvalue weighted by Crippen LogP contribution is -2.50. The van der Waals surface area contributed by atoms with E-state index < -0.39 is 10.0 Å². The summed E-state index contributed by atoms with van der Waals surface area (Å²) in [5.41, 5.74) is 1.95. The number of ether oxygens (including phenoxy) is 1. The van der Waals surface area contributed by atoms with Gasteiger partial charge in [0, 0.05) is 65.7 Å². The van der Waals surface area contributed by atoms with Crippen LogP contribution in [-0.4, -0.2) is 110 Å². The fourth-order valence-electron chi connectivity index (χ4n) is 5.23. The number of anilines is 1. The van der Waals surface area contributed by atoms with Crippen molar-refractivity contribution in [1.29, 1.82) is 0 Å². The second-order valence-electron chi connectivity index (χ2n) is 10.1. The maximum absolute atomic E-state index is 13.5. The monoisotopic (exact) mass is 577 g/mol. The summed E-state index contributed by atoms with van der Waals surface area (Å²) in [5, 5.41) is 0.768. The Hall–Kier alpha value is -2.42. The van der Waals surface area contributed by atoms with Crippen LogP contribution < -0.4 is 4.90 Å². The van der Waals surface area contributed by atoms with Crippen molar-refractivity contribution in [2.45, 2.75) is 23.2 Å². The molecule has 3 aromatic rings. The molecule has 2 atom stereocenters. The number of sulfonamides is 1. The number of nitrogens with zero attached hydrogens (tertiary/aromatic N) is 7. The molecular weight excluding hydrogens is 541 g/mol. The van der Waals surface area contributed by atoms with Crippen LogP contribution in [-0.2, 0) is 14.8 Å². The number of benzene rings is 1. The lowest BCUT2D eigenvalue weighted by molar-refractivity contribution is 0.0632. The van der Waals surface area contributed by atoms with Gasteiger partial charge in [-0.3, -0.25) is 4.90 Å². The fourth-order valence-corrected chi connectivity index (χ4v) is 7.98. The molecular formula is C26H36FN7O3S2. The zero-order valence-corrected chi connectivity index (χ0v) is 24.2. The number of halogens is 1. The summed E-state index contributed by atoms with van der Waals surface area (Å²) in [6, 6.07) is 6.35. The minimum atomic E-state index is -3.62. The summed E-state index contributed by atoms with van der Waals surface area (Å²) in [7, 11) is 0.135. The first kappa shape index (κ1) is 28.1. The zero-order chi connectivity index (χ0) is 27.6. The van der Waals surface area contributed by atoms with E-state index in [0.29, 0.717) is 37.0 Å². The molecule has 2 fully saturated rings. The molecule has 0 aliphatic carbocycles. The van der Waals surface area contributed by atoms with Crippen molar-refractivity contribution >= 4 is 26.5 Å². The molecule has 1 aromatic carbocycles. The van der Waals surface area contributed by atoms with Gasteiger partial charge in [0.2, 0.25) is 0 Å². The second-order valence-corrected chi connectivity index (χ2v) is 13.3. The van der Waals surface area contributed by atoms with Gasteiger partial charge < -0.3 is 19.1 Å². The topological polar surface area (TPSA) is 87.0 Å². The van der Waals surface area contributed by atoms with Crippen molar-refractivity contribution in [2.24, 2.45) is 0 Å². The van der Waals surface area contributed by atoms with Crippen LogP contribution in [0.5, 0.6) is 0 Å². The van der Waals surface area contributed by atoms with Crippen molar-refractivity contribution in [3.8, 4) is 0 Å². The van der Waals surface area contributed by atoms with E-state index in [9.17, 15) is 12.8 Å². The predicted molar refractivity (Wildman–Crippen MR) is 149 cm³/mol. The Balaban J connectivity index is 1.27. The molecule has 10 nitrogen and oxygen atoms in total. The van der Waals surface area contributed by atoms with Crippen LogP contribution in [0.3, 0.4) is 0 Å². The number of aromatic nitrogens is 3. The predicted octanol–water partition coefficient (Wildman–Crippen LogP) is 2.53. The SMILES string of the molecule is COCC(c1cncn1C(C)c1ccc(F)cc1)N1CCN(S(=O)(=O)c2cnc(N3CCN(C)CC3)s2)CC1. The van der Waals surface area contributed by atoms with Gasteiger partial charge in [-0.2, -0.15) is 4.31 Å². The number of hydrogen-bond acceptors (Lipinski definition) is 9. The third-order valence-corrected chi connectivity index (χ3v) is 11.1. The molecule has 0 spiro atoms. The van der Waals surface area contributed by atoms with Gasteiger partial charge in [0.15, 0.2) is 9.34 Å². The van der Waals surface area contributed by atoms with E-state index in [2.05, 4.69) is 43.2 Å². The van der Waals surface area contributed by atoms with E-state index in [4.69, 9.17) is 4.74 Å². The molecule has 0 N–H and O–H groups in total. The van der Waals surface area contributed by atoms with Crippen LogP contribution in [0.1, 0.15) is 30.3 Å². The highest BCUT2D eigenvalue weighted by Gasteiger charge is 2.34. The van der Waals surface area contributed by atoms with E-state index in [1.54, 1.807) is 29.9 Å². The Morgan fingerprint density at radius 1 is 1.03 bits per heavy atom. The summed E-state index contributed by atoms with van der Waals surface area (Å²) < 4.78 is 50.0. The largest absolute Gasteiger partial charge is 0.383 e. The Morgan fingerprint density at radius 2 is 1.72 bits per heavy atom. The smallest absolute Gasteiger partial charge is 0.254 e. The normalized spacial score (nSPS) is 19.8. The van der Waals surface area contributed by atoms with Gasteiger partial charge in [-0.25, -0.2) is 22.8 Å². The van der Waals surface area contributed by atoms with Gasteiger partial charge >= 0.3 is 0 Å². The Morgan fingerprint density at radius 3 is 2.38 bits per heavy atom. The van der Waals surface area contributed by atoms with E-state index in [-0.39, 0.29) is 17.9 Å². The van der Waals surface area contributed by atoms with Crippen molar-refractivity contribution in [2.75, 3.05) is 78.0 Å². The summed E-state index contributed by atoms with van der Waals surface area (Å²) in [4.78, 5) is 15.5. The molecule has 4 heterocycles. The quantitative estimate of drug-likeness (QED) is 0.384. The van der Waals surface area contributed by atoms with Crippen molar-refractivity contribution < 1.29 is 17.5 Å². The third kappa shape index (κ3) is 6.03. The number of methoxy groups -OCH3 is 1. The van der Waals surface area contributed by atoms with Crippen LogP contribution in [0.2, 0.25) is 0 Å². The van der Waals surface area contributed by atoms with Gasteiger partial charge in [0.1, 0.15) is 5.82 Å². The Labute approximate surface area is 233 Å². The molecule has 2 aliphatic heterocycles. The summed E-state index contributed by atoms with van der Waals surface area (Å²) in [5.74, 6) is -0.268. The molecule has 0 bridgehead atoms. The van der Waals surface area contributed by atoms with E-state index in [1.165, 1.54) is 29.7 Å². The highest BCUT2D eigenvalue weighted by molar-refractivity contribution is 7.91. The number of hydrogen-bond donors (Lipinski definition) is 0. The number of likely N-dealkylation sites (N-methyl/N-ethyl adjacent to an activating group) is 1. The molecule has 2 unspecified atom stereocenters. The van der Waals surface area contributed by atoms with Crippen LogP contribution in [0, 0.1) is 5.82 Å². The van der Waals surface area contributed by atoms with Gasteiger partial charge in [-0.1, -0.05) is 23.5 Å². The fraction of sp³-hybridized carbons (Fsp3) is 0.538. The standard InChI is InChI=1S/C26H36FN7O3S2/c1-20(21-4-6-22(27)7-5-21)34-19-28-16-23(34)24(18-37-3)31-12-14-33(15-13-31)39(35,36)25-17-29-26(38-25)32-10-8-30(2)9-11-32/h4-7,16-17,19-20,24H,8-15,18H2,1-3H3.